The average molecular weight is 443 g/mol. The molecule has 1 heterocycles. The molecule has 0 aromatic heterocycles. The molecule has 0 bridgehead atoms. The Morgan fingerprint density at radius 2 is 1.48 bits per heavy atom. The first kappa shape index (κ1) is 22.6. The summed E-state index contributed by atoms with van der Waals surface area (Å²) in [6.45, 7) is 8.76. The number of amides is 2. The van der Waals surface area contributed by atoms with E-state index in [4.69, 9.17) is 4.74 Å². The Bertz CT molecular complexity index is 1120. The zero-order valence-electron chi connectivity index (χ0n) is 19.6. The lowest BCUT2D eigenvalue weighted by molar-refractivity contribution is -0.128. The molecule has 3 aromatic carbocycles. The number of hydrogen-bond acceptors (Lipinski definition) is 3. The minimum absolute atomic E-state index is 0.00428. The summed E-state index contributed by atoms with van der Waals surface area (Å²) in [4.78, 5) is 30.5. The van der Waals surface area contributed by atoms with Crippen LogP contribution in [0.4, 0.5) is 11.4 Å². The van der Waals surface area contributed by atoms with E-state index in [9.17, 15) is 9.59 Å². The summed E-state index contributed by atoms with van der Waals surface area (Å²) in [5.41, 5.74) is 4.50. The van der Waals surface area contributed by atoms with E-state index in [2.05, 4.69) is 13.8 Å². The van der Waals surface area contributed by atoms with E-state index in [0.29, 0.717) is 18.2 Å². The van der Waals surface area contributed by atoms with Gasteiger partial charge in [-0.25, -0.2) is 0 Å². The van der Waals surface area contributed by atoms with Gasteiger partial charge in [0.2, 0.25) is 5.91 Å². The lowest BCUT2D eigenvalue weighted by Gasteiger charge is -2.40. The van der Waals surface area contributed by atoms with Gasteiger partial charge in [0.1, 0.15) is 18.3 Å². The minimum atomic E-state index is -0.744. The second kappa shape index (κ2) is 9.49. The average Bonchev–Trinajstić information content (AvgIpc) is 2.81. The van der Waals surface area contributed by atoms with Crippen LogP contribution in [0, 0.1) is 6.92 Å². The first-order valence-electron chi connectivity index (χ1n) is 11.4. The molecular formula is C28H30N2O3. The van der Waals surface area contributed by atoms with Gasteiger partial charge in [-0.05, 0) is 67.3 Å². The number of rotatable bonds is 6. The lowest BCUT2D eigenvalue weighted by atomic mass is 9.95. The summed E-state index contributed by atoms with van der Waals surface area (Å²) in [7, 11) is 0. The van der Waals surface area contributed by atoms with E-state index in [1.54, 1.807) is 9.80 Å². The van der Waals surface area contributed by atoms with Crippen molar-refractivity contribution in [1.82, 2.24) is 0 Å². The predicted molar refractivity (Wildman–Crippen MR) is 132 cm³/mol. The van der Waals surface area contributed by atoms with Crippen molar-refractivity contribution in [3.05, 3.63) is 89.5 Å². The summed E-state index contributed by atoms with van der Waals surface area (Å²) in [5.74, 6) is 0.868. The molecule has 0 saturated carbocycles. The third kappa shape index (κ3) is 4.63. The van der Waals surface area contributed by atoms with Crippen molar-refractivity contribution < 1.29 is 14.3 Å². The molecule has 1 atom stereocenters. The maximum absolute atomic E-state index is 13.8. The normalized spacial score (nSPS) is 16.5. The van der Waals surface area contributed by atoms with Gasteiger partial charge < -0.3 is 9.64 Å². The van der Waals surface area contributed by atoms with E-state index < -0.39 is 6.04 Å². The van der Waals surface area contributed by atoms with Crippen LogP contribution in [0.3, 0.4) is 0 Å². The lowest BCUT2D eigenvalue weighted by Crippen LogP contribution is -2.56. The molecule has 4 rings (SSSR count). The maximum Gasteiger partial charge on any atom is 0.255 e. The van der Waals surface area contributed by atoms with Gasteiger partial charge in [0.05, 0.1) is 6.61 Å². The molecule has 170 valence electrons. The van der Waals surface area contributed by atoms with E-state index in [-0.39, 0.29) is 18.4 Å². The number of carbonyl (C=O) groups is 2. The third-order valence-corrected chi connectivity index (χ3v) is 6.01. The minimum Gasteiger partial charge on any atom is -0.494 e. The smallest absolute Gasteiger partial charge is 0.255 e. The third-order valence-electron chi connectivity index (χ3n) is 6.01. The molecule has 0 aliphatic carbocycles. The van der Waals surface area contributed by atoms with E-state index in [1.807, 2.05) is 86.6 Å². The Labute approximate surface area is 195 Å². The van der Waals surface area contributed by atoms with Gasteiger partial charge in [0.25, 0.3) is 5.91 Å². The predicted octanol–water partition coefficient (Wildman–Crippen LogP) is 5.64. The van der Waals surface area contributed by atoms with Crippen molar-refractivity contribution in [1.29, 1.82) is 0 Å². The summed E-state index contributed by atoms with van der Waals surface area (Å²) >= 11 is 0. The zero-order chi connectivity index (χ0) is 23.5. The molecule has 1 aliphatic rings. The Hall–Kier alpha value is -3.60. The zero-order valence-corrected chi connectivity index (χ0v) is 19.6. The topological polar surface area (TPSA) is 49.9 Å². The fraction of sp³-hybridized carbons (Fsp3) is 0.286. The van der Waals surface area contributed by atoms with Crippen LogP contribution in [0.15, 0.2) is 72.8 Å². The van der Waals surface area contributed by atoms with Crippen molar-refractivity contribution >= 4 is 23.2 Å². The summed E-state index contributed by atoms with van der Waals surface area (Å²) in [5, 5.41) is 0. The highest BCUT2D eigenvalue weighted by molar-refractivity contribution is 6.14. The Morgan fingerprint density at radius 1 is 0.879 bits per heavy atom. The molecule has 1 fully saturated rings. The molecule has 2 amide bonds. The van der Waals surface area contributed by atoms with Crippen molar-refractivity contribution in [3.8, 4) is 5.75 Å². The quantitative estimate of drug-likeness (QED) is 0.497. The van der Waals surface area contributed by atoms with Crippen LogP contribution >= 0.6 is 0 Å². The summed E-state index contributed by atoms with van der Waals surface area (Å²) in [6.07, 6.45) is 0. The number of ether oxygens (including phenoxy) is 1. The van der Waals surface area contributed by atoms with Gasteiger partial charge in [-0.1, -0.05) is 55.8 Å². The van der Waals surface area contributed by atoms with Gasteiger partial charge in [-0.2, -0.15) is 0 Å². The van der Waals surface area contributed by atoms with Crippen LogP contribution in [0.5, 0.6) is 5.75 Å². The monoisotopic (exact) mass is 442 g/mol. The molecule has 0 spiro atoms. The van der Waals surface area contributed by atoms with Gasteiger partial charge in [0, 0.05) is 11.4 Å². The number of hydrogen-bond donors (Lipinski definition) is 0. The Kier molecular flexibility index (Phi) is 6.50. The van der Waals surface area contributed by atoms with Crippen LogP contribution in [0.25, 0.3) is 0 Å². The Balaban J connectivity index is 1.76. The second-order valence-electron chi connectivity index (χ2n) is 8.67. The maximum atomic E-state index is 13.8. The fourth-order valence-corrected chi connectivity index (χ4v) is 4.15. The molecule has 5 heteroatoms. The summed E-state index contributed by atoms with van der Waals surface area (Å²) in [6, 6.07) is 22.3. The number of nitrogens with zero attached hydrogens (tertiary/aromatic N) is 2. The molecule has 1 saturated heterocycles. The largest absolute Gasteiger partial charge is 0.494 e. The van der Waals surface area contributed by atoms with Crippen molar-refractivity contribution in [3.63, 3.8) is 0 Å². The highest BCUT2D eigenvalue weighted by atomic mass is 16.5. The Morgan fingerprint density at radius 3 is 2.06 bits per heavy atom. The standard InChI is InChI=1S/C28H30N2O3/c1-5-33-25-16-14-24(15-17-25)30-26(31)18-29(23-12-6-20(4)7-13-23)28(32)27(30)22-10-8-21(9-11-22)19(2)3/h6-17,19,27H,5,18H2,1-4H3/t27-/m1/s1. The van der Waals surface area contributed by atoms with E-state index in [1.165, 1.54) is 5.56 Å². The molecule has 5 nitrogen and oxygen atoms in total. The van der Waals surface area contributed by atoms with Gasteiger partial charge in [0.15, 0.2) is 0 Å². The summed E-state index contributed by atoms with van der Waals surface area (Å²) < 4.78 is 5.55. The van der Waals surface area contributed by atoms with Crippen LogP contribution in [0.2, 0.25) is 0 Å². The molecular weight excluding hydrogens is 412 g/mol. The molecule has 1 aliphatic heterocycles. The molecule has 0 unspecified atom stereocenters. The number of benzene rings is 3. The van der Waals surface area contributed by atoms with Crippen LogP contribution < -0.4 is 14.5 Å². The van der Waals surface area contributed by atoms with Crippen molar-refractivity contribution in [2.45, 2.75) is 39.7 Å². The van der Waals surface area contributed by atoms with Crippen molar-refractivity contribution in [2.75, 3.05) is 23.0 Å². The molecule has 3 aromatic rings. The van der Waals surface area contributed by atoms with E-state index in [0.717, 1.165) is 22.6 Å². The SMILES string of the molecule is CCOc1ccc(N2C(=O)CN(c3ccc(C)cc3)C(=O)[C@H]2c2ccc(C(C)C)cc2)cc1. The van der Waals surface area contributed by atoms with Crippen molar-refractivity contribution in [2.24, 2.45) is 0 Å². The molecule has 33 heavy (non-hydrogen) atoms. The molecule has 0 N–H and O–H groups in total. The van der Waals surface area contributed by atoms with Gasteiger partial charge >= 0.3 is 0 Å². The highest BCUT2D eigenvalue weighted by Gasteiger charge is 2.41. The first-order valence-corrected chi connectivity index (χ1v) is 11.4. The highest BCUT2D eigenvalue weighted by Crippen LogP contribution is 2.35. The van der Waals surface area contributed by atoms with Crippen LogP contribution in [0.1, 0.15) is 49.4 Å². The second-order valence-corrected chi connectivity index (χ2v) is 8.67. The number of carbonyl (C=O) groups excluding carboxylic acids is 2. The van der Waals surface area contributed by atoms with Crippen LogP contribution in [-0.4, -0.2) is 25.0 Å². The van der Waals surface area contributed by atoms with E-state index >= 15 is 0 Å². The molecule has 0 radical (unpaired) electrons. The number of piperazine rings is 1. The number of aryl methyl sites for hydroxylation is 1. The van der Waals surface area contributed by atoms with Crippen LogP contribution in [-0.2, 0) is 9.59 Å². The van der Waals surface area contributed by atoms with Gasteiger partial charge in [-0.3, -0.25) is 14.5 Å². The number of anilines is 2. The fourth-order valence-electron chi connectivity index (χ4n) is 4.15. The first-order chi connectivity index (χ1) is 15.9. The van der Waals surface area contributed by atoms with Gasteiger partial charge in [-0.15, -0.1) is 0 Å².